The van der Waals surface area contributed by atoms with Gasteiger partial charge in [-0.3, -0.25) is 0 Å². The van der Waals surface area contributed by atoms with Crippen LogP contribution in [0.3, 0.4) is 0 Å². The molecule has 0 spiro atoms. The highest BCUT2D eigenvalue weighted by atomic mass is 32.2. The van der Waals surface area contributed by atoms with Crippen molar-refractivity contribution in [1.29, 1.82) is 0 Å². The van der Waals surface area contributed by atoms with Crippen molar-refractivity contribution >= 4 is 42.6 Å². The number of aromatic nitrogens is 2. The average molecular weight is 528 g/mol. The fourth-order valence-corrected chi connectivity index (χ4v) is 6.22. The van der Waals surface area contributed by atoms with Crippen LogP contribution in [0.2, 0.25) is 18.1 Å². The van der Waals surface area contributed by atoms with Crippen LogP contribution in [0.1, 0.15) is 52.0 Å². The predicted molar refractivity (Wildman–Crippen MR) is 151 cm³/mol. The van der Waals surface area contributed by atoms with E-state index in [1.165, 1.54) is 11.6 Å². The Morgan fingerprint density at radius 2 is 1.81 bits per heavy atom. The fraction of sp³-hybridized carbons (Fsp3) is 0.500. The number of nitrogens with one attached hydrogen (secondary N) is 1. The zero-order valence-electron chi connectivity index (χ0n) is 22.2. The van der Waals surface area contributed by atoms with Gasteiger partial charge in [0.2, 0.25) is 5.95 Å². The third-order valence-corrected chi connectivity index (χ3v) is 12.5. The Kier molecular flexibility index (Phi) is 8.27. The first kappa shape index (κ1) is 26.9. The molecule has 3 aromatic rings. The van der Waals surface area contributed by atoms with E-state index < -0.39 is 14.1 Å². The van der Waals surface area contributed by atoms with Crippen LogP contribution in [0.15, 0.2) is 42.6 Å². The van der Waals surface area contributed by atoms with Crippen molar-refractivity contribution in [3.05, 3.63) is 54.0 Å². The summed E-state index contributed by atoms with van der Waals surface area (Å²) < 4.78 is 27.8. The minimum Gasteiger partial charge on any atom is -0.485 e. The summed E-state index contributed by atoms with van der Waals surface area (Å²) in [5.74, 6) is 1.17. The van der Waals surface area contributed by atoms with Gasteiger partial charge in [-0.2, -0.15) is 11.8 Å². The van der Waals surface area contributed by atoms with Crippen molar-refractivity contribution < 1.29 is 13.6 Å². The highest BCUT2D eigenvalue weighted by Gasteiger charge is 2.40. The lowest BCUT2D eigenvalue weighted by Crippen LogP contribution is -2.45. The summed E-state index contributed by atoms with van der Waals surface area (Å²) in [5.41, 5.74) is 2.61. The van der Waals surface area contributed by atoms with E-state index >= 15 is 0 Å². The molecule has 0 unspecified atom stereocenters. The SMILES string of the molecule is CSCc1cccc(Nc2ncc3ccc(F)c(OC4CCC(O[Si](C)(C)C(C)(C)C)CC4)c3n2)c1. The molecular formula is C28H38FN3O2SSi. The molecule has 5 nitrogen and oxygen atoms in total. The maximum absolute atomic E-state index is 15.0. The third-order valence-electron chi connectivity index (χ3n) is 7.33. The summed E-state index contributed by atoms with van der Waals surface area (Å²) in [4.78, 5) is 9.09. The van der Waals surface area contributed by atoms with Crippen LogP contribution in [0.25, 0.3) is 10.9 Å². The number of hydrogen-bond acceptors (Lipinski definition) is 6. The van der Waals surface area contributed by atoms with Gasteiger partial charge in [0.05, 0.1) is 6.10 Å². The minimum atomic E-state index is -1.81. The monoisotopic (exact) mass is 527 g/mol. The number of ether oxygens (including phenoxy) is 1. The lowest BCUT2D eigenvalue weighted by Gasteiger charge is -2.41. The Hall–Kier alpha value is -2.16. The normalized spacial score (nSPS) is 18.9. The molecule has 0 bridgehead atoms. The average Bonchev–Trinajstić information content (AvgIpc) is 2.82. The number of thioether (sulfide) groups is 1. The quantitative estimate of drug-likeness (QED) is 0.299. The van der Waals surface area contributed by atoms with E-state index in [-0.39, 0.29) is 23.0 Å². The van der Waals surface area contributed by atoms with E-state index in [0.29, 0.717) is 11.5 Å². The number of rotatable bonds is 8. The van der Waals surface area contributed by atoms with E-state index in [9.17, 15) is 4.39 Å². The Bertz CT molecular complexity index is 1190. The van der Waals surface area contributed by atoms with Gasteiger partial charge < -0.3 is 14.5 Å². The second kappa shape index (κ2) is 11.1. The van der Waals surface area contributed by atoms with Gasteiger partial charge in [0, 0.05) is 29.1 Å². The molecule has 0 aliphatic heterocycles. The fourth-order valence-electron chi connectivity index (χ4n) is 4.28. The van der Waals surface area contributed by atoms with Crippen molar-refractivity contribution in [3.63, 3.8) is 0 Å². The third kappa shape index (κ3) is 6.39. The van der Waals surface area contributed by atoms with Crippen LogP contribution in [-0.4, -0.2) is 36.7 Å². The van der Waals surface area contributed by atoms with Crippen LogP contribution >= 0.6 is 11.8 Å². The largest absolute Gasteiger partial charge is 0.485 e. The zero-order chi connectivity index (χ0) is 25.9. The molecule has 1 aliphatic rings. The van der Waals surface area contributed by atoms with Crippen LogP contribution in [0.4, 0.5) is 16.0 Å². The van der Waals surface area contributed by atoms with Gasteiger partial charge in [-0.05, 0) is 79.9 Å². The standard InChI is InChI=1S/C28H38FN3O2SSi/c1-28(2,3)36(5,6)34-23-13-11-22(12-14-23)33-26-24(29)15-10-20-17-30-27(32-25(20)26)31-21-9-7-8-19(16-21)18-35-4/h7-10,15-17,22-23H,11-14,18H2,1-6H3,(H,30,31,32). The summed E-state index contributed by atoms with van der Waals surface area (Å²) in [6, 6.07) is 11.3. The van der Waals surface area contributed by atoms with E-state index in [0.717, 1.165) is 42.5 Å². The Morgan fingerprint density at radius 1 is 1.08 bits per heavy atom. The van der Waals surface area contributed by atoms with Crippen molar-refractivity contribution in [2.45, 2.75) is 82.5 Å². The molecule has 1 saturated carbocycles. The molecular weight excluding hydrogens is 489 g/mol. The number of hydrogen-bond donors (Lipinski definition) is 1. The second-order valence-corrected chi connectivity index (χ2v) is 16.8. The molecule has 0 saturated heterocycles. The lowest BCUT2D eigenvalue weighted by atomic mass is 9.95. The van der Waals surface area contributed by atoms with Crippen molar-refractivity contribution in [3.8, 4) is 5.75 Å². The van der Waals surface area contributed by atoms with Crippen LogP contribution in [0, 0.1) is 5.82 Å². The van der Waals surface area contributed by atoms with Crippen LogP contribution in [0.5, 0.6) is 5.75 Å². The molecule has 0 atom stereocenters. The van der Waals surface area contributed by atoms with Gasteiger partial charge in [-0.25, -0.2) is 14.4 Å². The summed E-state index contributed by atoms with van der Waals surface area (Å²) in [6.45, 7) is 11.4. The molecule has 1 fully saturated rings. The first-order valence-electron chi connectivity index (χ1n) is 12.7. The van der Waals surface area contributed by atoms with E-state index in [1.54, 1.807) is 24.0 Å². The summed E-state index contributed by atoms with van der Waals surface area (Å²) in [5, 5.41) is 4.20. The second-order valence-electron chi connectivity index (χ2n) is 11.2. The molecule has 4 rings (SSSR count). The molecule has 2 aromatic carbocycles. The van der Waals surface area contributed by atoms with E-state index in [2.05, 4.69) is 67.5 Å². The first-order chi connectivity index (χ1) is 17.1. The van der Waals surface area contributed by atoms with Gasteiger partial charge in [0.25, 0.3) is 0 Å². The Labute approximate surface area is 219 Å². The van der Waals surface area contributed by atoms with E-state index in [4.69, 9.17) is 9.16 Å². The molecule has 1 N–H and O–H groups in total. The van der Waals surface area contributed by atoms with Gasteiger partial charge in [-0.1, -0.05) is 32.9 Å². The molecule has 1 aliphatic carbocycles. The lowest BCUT2D eigenvalue weighted by molar-refractivity contribution is 0.0713. The van der Waals surface area contributed by atoms with Crippen LogP contribution < -0.4 is 10.1 Å². The van der Waals surface area contributed by atoms with Gasteiger partial charge in [0.1, 0.15) is 5.52 Å². The minimum absolute atomic E-state index is 0.0565. The van der Waals surface area contributed by atoms with Gasteiger partial charge >= 0.3 is 0 Å². The number of benzene rings is 2. The Morgan fingerprint density at radius 3 is 2.50 bits per heavy atom. The number of fused-ring (bicyclic) bond motifs is 1. The molecule has 0 radical (unpaired) electrons. The molecule has 1 heterocycles. The molecule has 8 heteroatoms. The maximum atomic E-state index is 15.0. The number of halogens is 1. The van der Waals surface area contributed by atoms with Gasteiger partial charge in [0.15, 0.2) is 19.9 Å². The summed E-state index contributed by atoms with van der Waals surface area (Å²) in [6.07, 6.45) is 7.53. The zero-order valence-corrected chi connectivity index (χ0v) is 24.0. The first-order valence-corrected chi connectivity index (χ1v) is 17.0. The summed E-state index contributed by atoms with van der Waals surface area (Å²) >= 11 is 1.77. The number of anilines is 2. The highest BCUT2D eigenvalue weighted by Crippen LogP contribution is 2.40. The maximum Gasteiger partial charge on any atom is 0.227 e. The molecule has 36 heavy (non-hydrogen) atoms. The highest BCUT2D eigenvalue weighted by molar-refractivity contribution is 7.97. The van der Waals surface area contributed by atoms with Crippen LogP contribution in [-0.2, 0) is 10.2 Å². The van der Waals surface area contributed by atoms with E-state index in [1.807, 2.05) is 12.1 Å². The van der Waals surface area contributed by atoms with Crippen molar-refractivity contribution in [2.24, 2.45) is 0 Å². The topological polar surface area (TPSA) is 56.3 Å². The van der Waals surface area contributed by atoms with Crippen molar-refractivity contribution in [2.75, 3.05) is 11.6 Å². The molecule has 1 aromatic heterocycles. The van der Waals surface area contributed by atoms with Gasteiger partial charge in [-0.15, -0.1) is 0 Å². The molecule has 194 valence electrons. The Balaban J connectivity index is 1.48. The predicted octanol–water partition coefficient (Wildman–Crippen LogP) is 8.09. The number of nitrogens with zero attached hydrogens (tertiary/aromatic N) is 2. The summed E-state index contributed by atoms with van der Waals surface area (Å²) in [7, 11) is -1.81. The molecule has 0 amide bonds. The van der Waals surface area contributed by atoms with Crippen molar-refractivity contribution in [1.82, 2.24) is 9.97 Å². The smallest absolute Gasteiger partial charge is 0.227 e.